The molecule has 0 unspecified atom stereocenters. The summed E-state index contributed by atoms with van der Waals surface area (Å²) in [6.45, 7) is 2.62. The van der Waals surface area contributed by atoms with E-state index in [4.69, 9.17) is 4.74 Å². The van der Waals surface area contributed by atoms with Crippen molar-refractivity contribution in [3.8, 4) is 11.3 Å². The molecule has 26 heavy (non-hydrogen) atoms. The molecule has 134 valence electrons. The third-order valence-corrected chi connectivity index (χ3v) is 4.58. The number of hydrogen-bond acceptors (Lipinski definition) is 3. The molecule has 1 N–H and O–H groups in total. The molecule has 1 atom stereocenters. The van der Waals surface area contributed by atoms with Crippen molar-refractivity contribution in [2.24, 2.45) is 0 Å². The molecular weight excluding hydrogens is 336 g/mol. The van der Waals surface area contributed by atoms with Crippen LogP contribution >= 0.6 is 0 Å². The van der Waals surface area contributed by atoms with E-state index in [9.17, 15) is 8.78 Å². The maximum absolute atomic E-state index is 13.5. The summed E-state index contributed by atoms with van der Waals surface area (Å²) in [4.78, 5) is 10.0. The summed E-state index contributed by atoms with van der Waals surface area (Å²) >= 11 is 0. The van der Waals surface area contributed by atoms with Crippen LogP contribution in [-0.4, -0.2) is 34.6 Å². The quantitative estimate of drug-likeness (QED) is 0.771. The lowest BCUT2D eigenvalue weighted by Crippen LogP contribution is -2.39. The van der Waals surface area contributed by atoms with Gasteiger partial charge in [-0.3, -0.25) is 4.90 Å². The zero-order chi connectivity index (χ0) is 17.9. The molecule has 1 aliphatic rings. The number of nitrogens with zero attached hydrogens (tertiary/aromatic N) is 2. The van der Waals surface area contributed by atoms with Gasteiger partial charge in [0.2, 0.25) is 0 Å². The summed E-state index contributed by atoms with van der Waals surface area (Å²) in [5.41, 5.74) is 2.56. The number of nitrogens with one attached hydrogen (secondary N) is 1. The Hall–Kier alpha value is -2.57. The van der Waals surface area contributed by atoms with Crippen molar-refractivity contribution in [1.29, 1.82) is 0 Å². The predicted molar refractivity (Wildman–Crippen MR) is 94.4 cm³/mol. The molecule has 1 aliphatic heterocycles. The number of imidazole rings is 1. The molecule has 0 radical (unpaired) electrons. The zero-order valence-corrected chi connectivity index (χ0v) is 14.2. The van der Waals surface area contributed by atoms with Gasteiger partial charge in [-0.1, -0.05) is 24.3 Å². The third-order valence-electron chi connectivity index (χ3n) is 4.58. The van der Waals surface area contributed by atoms with Crippen molar-refractivity contribution in [3.63, 3.8) is 0 Å². The molecule has 0 saturated carbocycles. The number of ether oxygens (including phenoxy) is 1. The lowest BCUT2D eigenvalue weighted by Gasteiger charge is -2.34. The lowest BCUT2D eigenvalue weighted by atomic mass is 10.1. The summed E-state index contributed by atoms with van der Waals surface area (Å²) in [6.07, 6.45) is 1.72. The Kier molecular flexibility index (Phi) is 4.77. The van der Waals surface area contributed by atoms with Crippen molar-refractivity contribution >= 4 is 0 Å². The second kappa shape index (κ2) is 7.35. The van der Waals surface area contributed by atoms with E-state index < -0.39 is 0 Å². The van der Waals surface area contributed by atoms with Crippen LogP contribution in [0.25, 0.3) is 11.3 Å². The molecule has 3 aromatic rings. The molecule has 2 heterocycles. The molecule has 6 heteroatoms. The fourth-order valence-corrected chi connectivity index (χ4v) is 3.21. The Labute approximate surface area is 150 Å². The van der Waals surface area contributed by atoms with Gasteiger partial charge in [-0.25, -0.2) is 13.8 Å². The topological polar surface area (TPSA) is 41.1 Å². The van der Waals surface area contributed by atoms with Crippen LogP contribution in [-0.2, 0) is 11.3 Å². The minimum Gasteiger partial charge on any atom is -0.378 e. The first-order valence-electron chi connectivity index (χ1n) is 8.56. The molecule has 4 nitrogen and oxygen atoms in total. The second-order valence-electron chi connectivity index (χ2n) is 6.38. The number of morpholine rings is 1. The Morgan fingerprint density at radius 3 is 2.77 bits per heavy atom. The standard InChI is InChI=1S/C20H19F2N3O/c21-16-6-4-14(5-7-16)12-25-8-9-26-13-19(25)20-23-11-18(24-20)15-2-1-3-17(22)10-15/h1-7,10-11,19H,8-9,12-13H2,(H,23,24)/t19-/m0/s1. The molecule has 1 aromatic heterocycles. The van der Waals surface area contributed by atoms with Gasteiger partial charge in [0.25, 0.3) is 0 Å². The number of halogens is 2. The van der Waals surface area contributed by atoms with Crippen LogP contribution in [0.3, 0.4) is 0 Å². The fraction of sp³-hybridized carbons (Fsp3) is 0.250. The van der Waals surface area contributed by atoms with Crippen molar-refractivity contribution in [1.82, 2.24) is 14.9 Å². The van der Waals surface area contributed by atoms with Gasteiger partial charge in [-0.05, 0) is 29.8 Å². The Morgan fingerprint density at radius 2 is 1.96 bits per heavy atom. The van der Waals surface area contributed by atoms with Crippen LogP contribution in [0.2, 0.25) is 0 Å². The van der Waals surface area contributed by atoms with E-state index in [2.05, 4.69) is 14.9 Å². The van der Waals surface area contributed by atoms with Gasteiger partial charge in [0.1, 0.15) is 17.5 Å². The Morgan fingerprint density at radius 1 is 1.12 bits per heavy atom. The first kappa shape index (κ1) is 16.9. The maximum atomic E-state index is 13.5. The first-order valence-corrected chi connectivity index (χ1v) is 8.56. The number of aromatic nitrogens is 2. The van der Waals surface area contributed by atoms with Gasteiger partial charge in [0, 0.05) is 18.7 Å². The SMILES string of the molecule is Fc1ccc(CN2CCOC[C@H]2c2ncc(-c3cccc(F)c3)[nH]2)cc1. The summed E-state index contributed by atoms with van der Waals surface area (Å²) in [7, 11) is 0. The van der Waals surface area contributed by atoms with Crippen LogP contribution in [0.1, 0.15) is 17.4 Å². The monoisotopic (exact) mass is 355 g/mol. The van der Waals surface area contributed by atoms with E-state index in [0.717, 1.165) is 29.2 Å². The highest BCUT2D eigenvalue weighted by Crippen LogP contribution is 2.26. The highest BCUT2D eigenvalue weighted by molar-refractivity contribution is 5.58. The first-order chi connectivity index (χ1) is 12.7. The number of rotatable bonds is 4. The van der Waals surface area contributed by atoms with Crippen LogP contribution in [0, 0.1) is 11.6 Å². The molecule has 4 rings (SSSR count). The number of aromatic amines is 1. The van der Waals surface area contributed by atoms with E-state index in [0.29, 0.717) is 19.8 Å². The number of benzene rings is 2. The molecule has 1 fully saturated rings. The Balaban J connectivity index is 1.55. The van der Waals surface area contributed by atoms with E-state index >= 15 is 0 Å². The zero-order valence-electron chi connectivity index (χ0n) is 14.2. The smallest absolute Gasteiger partial charge is 0.126 e. The molecule has 0 bridgehead atoms. The largest absolute Gasteiger partial charge is 0.378 e. The van der Waals surface area contributed by atoms with E-state index in [1.165, 1.54) is 24.3 Å². The fourth-order valence-electron chi connectivity index (χ4n) is 3.21. The average molecular weight is 355 g/mol. The van der Waals surface area contributed by atoms with Crippen LogP contribution in [0.5, 0.6) is 0 Å². The lowest BCUT2D eigenvalue weighted by molar-refractivity contribution is -0.0156. The molecule has 1 saturated heterocycles. The summed E-state index contributed by atoms with van der Waals surface area (Å²) < 4.78 is 32.2. The van der Waals surface area contributed by atoms with E-state index in [1.54, 1.807) is 24.4 Å². The molecule has 0 aliphatic carbocycles. The van der Waals surface area contributed by atoms with Gasteiger partial charge in [0.05, 0.1) is 31.1 Å². The molecule has 0 amide bonds. The van der Waals surface area contributed by atoms with Crippen molar-refractivity contribution in [2.45, 2.75) is 12.6 Å². The summed E-state index contributed by atoms with van der Waals surface area (Å²) in [5, 5.41) is 0. The predicted octanol–water partition coefficient (Wildman–Crippen LogP) is 3.93. The van der Waals surface area contributed by atoms with Gasteiger partial charge in [0.15, 0.2) is 0 Å². The van der Waals surface area contributed by atoms with Crippen molar-refractivity contribution < 1.29 is 13.5 Å². The normalized spacial score (nSPS) is 18.2. The minimum absolute atomic E-state index is 0.0314. The number of H-pyrrole nitrogens is 1. The maximum Gasteiger partial charge on any atom is 0.126 e. The minimum atomic E-state index is -0.280. The Bertz CT molecular complexity index is 879. The van der Waals surface area contributed by atoms with Gasteiger partial charge >= 0.3 is 0 Å². The summed E-state index contributed by atoms with van der Waals surface area (Å²) in [6, 6.07) is 12.9. The van der Waals surface area contributed by atoms with E-state index in [-0.39, 0.29) is 17.7 Å². The van der Waals surface area contributed by atoms with Crippen molar-refractivity contribution in [2.75, 3.05) is 19.8 Å². The van der Waals surface area contributed by atoms with Gasteiger partial charge in [-0.15, -0.1) is 0 Å². The highest BCUT2D eigenvalue weighted by Gasteiger charge is 2.27. The van der Waals surface area contributed by atoms with Crippen molar-refractivity contribution in [3.05, 3.63) is 77.8 Å². The third kappa shape index (κ3) is 3.66. The van der Waals surface area contributed by atoms with E-state index in [1.807, 2.05) is 6.07 Å². The average Bonchev–Trinajstić information content (AvgIpc) is 3.14. The van der Waals surface area contributed by atoms with Gasteiger partial charge < -0.3 is 9.72 Å². The highest BCUT2D eigenvalue weighted by atomic mass is 19.1. The molecule has 2 aromatic carbocycles. The molecule has 0 spiro atoms. The molecular formula is C20H19F2N3O. The number of hydrogen-bond donors (Lipinski definition) is 1. The summed E-state index contributed by atoms with van der Waals surface area (Å²) in [5.74, 6) is 0.265. The van der Waals surface area contributed by atoms with Crippen LogP contribution in [0.4, 0.5) is 8.78 Å². The second-order valence-corrected chi connectivity index (χ2v) is 6.38. The van der Waals surface area contributed by atoms with Crippen LogP contribution in [0.15, 0.2) is 54.7 Å². The van der Waals surface area contributed by atoms with Crippen LogP contribution < -0.4 is 0 Å². The van der Waals surface area contributed by atoms with Gasteiger partial charge in [-0.2, -0.15) is 0 Å².